The number of nitrogens with zero attached hydrogens (tertiary/aromatic N) is 2. The van der Waals surface area contributed by atoms with Crippen molar-refractivity contribution in [3.05, 3.63) is 48.5 Å². The zero-order valence-electron chi connectivity index (χ0n) is 12.8. The first kappa shape index (κ1) is 15.1. The van der Waals surface area contributed by atoms with E-state index in [1.54, 1.807) is 28.8 Å². The monoisotopic (exact) mass is 310 g/mol. The van der Waals surface area contributed by atoms with Crippen LogP contribution in [0, 0.1) is 0 Å². The summed E-state index contributed by atoms with van der Waals surface area (Å²) in [5, 5.41) is 19.1. The van der Waals surface area contributed by atoms with Crippen molar-refractivity contribution in [2.75, 3.05) is 0 Å². The fraction of sp³-hybridized carbons (Fsp3) is 0.222. The van der Waals surface area contributed by atoms with Gasteiger partial charge in [-0.05, 0) is 42.8 Å². The number of carboxylic acids is 1. The van der Waals surface area contributed by atoms with Crippen LogP contribution in [-0.4, -0.2) is 25.7 Å². The minimum Gasteiger partial charge on any atom is -0.508 e. The Hall–Kier alpha value is -2.82. The lowest BCUT2D eigenvalue weighted by Gasteiger charge is -2.17. The third kappa shape index (κ3) is 2.77. The average Bonchev–Trinajstić information content (AvgIpc) is 2.92. The molecule has 118 valence electrons. The van der Waals surface area contributed by atoms with Crippen LogP contribution in [0.5, 0.6) is 5.75 Å². The van der Waals surface area contributed by atoms with E-state index in [0.717, 1.165) is 23.0 Å². The van der Waals surface area contributed by atoms with E-state index in [1.165, 1.54) is 0 Å². The molecule has 5 nitrogen and oxygen atoms in total. The summed E-state index contributed by atoms with van der Waals surface area (Å²) in [7, 11) is 0. The third-order valence-electron chi connectivity index (χ3n) is 3.88. The molecule has 0 radical (unpaired) electrons. The molecule has 1 unspecified atom stereocenters. The molecule has 0 aliphatic heterocycles. The van der Waals surface area contributed by atoms with E-state index in [1.807, 2.05) is 31.2 Å². The van der Waals surface area contributed by atoms with Crippen molar-refractivity contribution in [2.45, 2.75) is 25.8 Å². The SMILES string of the molecule is CCCC(C(=O)O)n1c(-c2ccc(O)cc2)nc2ccccc21. The van der Waals surface area contributed by atoms with E-state index in [-0.39, 0.29) is 5.75 Å². The van der Waals surface area contributed by atoms with Gasteiger partial charge in [0, 0.05) is 5.56 Å². The van der Waals surface area contributed by atoms with Crippen LogP contribution in [0.2, 0.25) is 0 Å². The second-order valence-electron chi connectivity index (χ2n) is 5.48. The summed E-state index contributed by atoms with van der Waals surface area (Å²) in [4.78, 5) is 16.4. The highest BCUT2D eigenvalue weighted by atomic mass is 16.4. The minimum atomic E-state index is -0.866. The van der Waals surface area contributed by atoms with Crippen molar-refractivity contribution >= 4 is 17.0 Å². The minimum absolute atomic E-state index is 0.166. The fourth-order valence-corrected chi connectivity index (χ4v) is 2.81. The first-order valence-electron chi connectivity index (χ1n) is 7.61. The number of benzene rings is 2. The van der Waals surface area contributed by atoms with Gasteiger partial charge in [0.05, 0.1) is 11.0 Å². The molecule has 3 aromatic rings. The van der Waals surface area contributed by atoms with Crippen molar-refractivity contribution in [3.8, 4) is 17.1 Å². The number of aliphatic carboxylic acids is 1. The molecule has 1 heterocycles. The highest BCUT2D eigenvalue weighted by molar-refractivity contribution is 5.84. The molecular weight excluding hydrogens is 292 g/mol. The van der Waals surface area contributed by atoms with Gasteiger partial charge in [0.25, 0.3) is 0 Å². The predicted octanol–water partition coefficient (Wildman–Crippen LogP) is 3.83. The summed E-state index contributed by atoms with van der Waals surface area (Å²) in [6.45, 7) is 1.97. The van der Waals surface area contributed by atoms with Crippen molar-refractivity contribution in [2.24, 2.45) is 0 Å². The van der Waals surface area contributed by atoms with Gasteiger partial charge < -0.3 is 14.8 Å². The van der Waals surface area contributed by atoms with Gasteiger partial charge in [-0.25, -0.2) is 9.78 Å². The van der Waals surface area contributed by atoms with E-state index in [2.05, 4.69) is 4.98 Å². The van der Waals surface area contributed by atoms with E-state index in [4.69, 9.17) is 0 Å². The molecule has 0 fully saturated rings. The molecule has 2 aromatic carbocycles. The maximum Gasteiger partial charge on any atom is 0.326 e. The first-order chi connectivity index (χ1) is 11.1. The lowest BCUT2D eigenvalue weighted by molar-refractivity contribution is -0.141. The molecule has 23 heavy (non-hydrogen) atoms. The third-order valence-corrected chi connectivity index (χ3v) is 3.88. The van der Waals surface area contributed by atoms with Gasteiger partial charge in [0.15, 0.2) is 0 Å². The number of phenolic OH excluding ortho intramolecular Hbond substituents is 1. The number of imidazole rings is 1. The van der Waals surface area contributed by atoms with Crippen LogP contribution in [0.25, 0.3) is 22.4 Å². The molecule has 5 heteroatoms. The van der Waals surface area contributed by atoms with Crippen LogP contribution in [-0.2, 0) is 4.79 Å². The first-order valence-corrected chi connectivity index (χ1v) is 7.61. The summed E-state index contributed by atoms with van der Waals surface area (Å²) in [6, 6.07) is 13.5. The predicted molar refractivity (Wildman–Crippen MR) is 88.4 cm³/mol. The molecule has 0 aliphatic rings. The van der Waals surface area contributed by atoms with Gasteiger partial charge in [-0.3, -0.25) is 0 Å². The van der Waals surface area contributed by atoms with Crippen molar-refractivity contribution < 1.29 is 15.0 Å². The lowest BCUT2D eigenvalue weighted by atomic mass is 10.1. The van der Waals surface area contributed by atoms with Gasteiger partial charge in [-0.15, -0.1) is 0 Å². The van der Waals surface area contributed by atoms with Gasteiger partial charge in [0.2, 0.25) is 0 Å². The van der Waals surface area contributed by atoms with Crippen molar-refractivity contribution in [3.63, 3.8) is 0 Å². The Kier molecular flexibility index (Phi) is 4.02. The normalized spacial score (nSPS) is 12.4. The number of para-hydroxylation sites is 2. The second kappa shape index (κ2) is 6.12. The number of aromatic nitrogens is 2. The van der Waals surface area contributed by atoms with Gasteiger partial charge in [-0.2, -0.15) is 0 Å². The summed E-state index contributed by atoms with van der Waals surface area (Å²) in [5.74, 6) is -0.0955. The van der Waals surface area contributed by atoms with Crippen LogP contribution in [0.1, 0.15) is 25.8 Å². The average molecular weight is 310 g/mol. The Balaban J connectivity index is 2.26. The molecule has 0 saturated carbocycles. The molecule has 0 aliphatic carbocycles. The maximum absolute atomic E-state index is 11.8. The molecule has 0 bridgehead atoms. The number of rotatable bonds is 5. The molecule has 0 spiro atoms. The fourth-order valence-electron chi connectivity index (χ4n) is 2.81. The largest absolute Gasteiger partial charge is 0.508 e. The van der Waals surface area contributed by atoms with Gasteiger partial charge in [-0.1, -0.05) is 25.5 Å². The Labute approximate surface area is 133 Å². The quantitative estimate of drug-likeness (QED) is 0.751. The number of hydrogen-bond acceptors (Lipinski definition) is 3. The van der Waals surface area contributed by atoms with Crippen molar-refractivity contribution in [1.82, 2.24) is 9.55 Å². The molecule has 0 amide bonds. The Morgan fingerprint density at radius 1 is 1.17 bits per heavy atom. The highest BCUT2D eigenvalue weighted by Crippen LogP contribution is 2.31. The number of hydrogen-bond donors (Lipinski definition) is 2. The molecule has 3 rings (SSSR count). The summed E-state index contributed by atoms with van der Waals surface area (Å²) in [6.07, 6.45) is 1.29. The molecule has 1 atom stereocenters. The zero-order chi connectivity index (χ0) is 16.4. The summed E-state index contributed by atoms with van der Waals surface area (Å²) >= 11 is 0. The van der Waals surface area contributed by atoms with Crippen LogP contribution >= 0.6 is 0 Å². The van der Waals surface area contributed by atoms with Gasteiger partial charge >= 0.3 is 5.97 Å². The Morgan fingerprint density at radius 2 is 1.87 bits per heavy atom. The van der Waals surface area contributed by atoms with Gasteiger partial charge in [0.1, 0.15) is 17.6 Å². The second-order valence-corrected chi connectivity index (χ2v) is 5.48. The standard InChI is InChI=1S/C18H18N2O3/c1-2-5-16(18(22)23)20-15-7-4-3-6-14(15)19-17(20)12-8-10-13(21)11-9-12/h3-4,6-11,16,21H,2,5H2,1H3,(H,22,23). The number of aromatic hydroxyl groups is 1. The Morgan fingerprint density at radius 3 is 2.52 bits per heavy atom. The lowest BCUT2D eigenvalue weighted by Crippen LogP contribution is -2.19. The molecule has 0 saturated heterocycles. The Bertz CT molecular complexity index is 837. The van der Waals surface area contributed by atoms with E-state index < -0.39 is 12.0 Å². The summed E-state index contributed by atoms with van der Waals surface area (Å²) in [5.41, 5.74) is 2.34. The van der Waals surface area contributed by atoms with Crippen LogP contribution < -0.4 is 0 Å². The smallest absolute Gasteiger partial charge is 0.326 e. The number of fused-ring (bicyclic) bond motifs is 1. The number of carbonyl (C=O) groups is 1. The molecule has 2 N–H and O–H groups in total. The maximum atomic E-state index is 11.8. The summed E-state index contributed by atoms with van der Waals surface area (Å²) < 4.78 is 1.79. The van der Waals surface area contributed by atoms with Crippen molar-refractivity contribution in [1.29, 1.82) is 0 Å². The van der Waals surface area contributed by atoms with E-state index >= 15 is 0 Å². The number of phenols is 1. The van der Waals surface area contributed by atoms with Crippen LogP contribution in [0.3, 0.4) is 0 Å². The van der Waals surface area contributed by atoms with E-state index in [0.29, 0.717) is 12.2 Å². The number of carboxylic acid groups (broad SMARTS) is 1. The highest BCUT2D eigenvalue weighted by Gasteiger charge is 2.25. The molecular formula is C18H18N2O3. The van der Waals surface area contributed by atoms with Crippen LogP contribution in [0.15, 0.2) is 48.5 Å². The molecule has 1 aromatic heterocycles. The zero-order valence-corrected chi connectivity index (χ0v) is 12.8. The van der Waals surface area contributed by atoms with Crippen LogP contribution in [0.4, 0.5) is 0 Å². The van der Waals surface area contributed by atoms with E-state index in [9.17, 15) is 15.0 Å². The topological polar surface area (TPSA) is 75.3 Å².